The number of hydrogen-bond donors (Lipinski definition) is 1. The molecule has 0 saturated heterocycles. The smallest absolute Gasteiger partial charge is 0.336 e. The molecule has 0 bridgehead atoms. The maximum atomic E-state index is 13.6. The molecule has 0 spiro atoms. The third-order valence-electron chi connectivity index (χ3n) is 2.97. The molecule has 3 nitrogen and oxygen atoms in total. The molecule has 100 valence electrons. The molecule has 0 unspecified atom stereocenters. The highest BCUT2D eigenvalue weighted by atomic mass is 35.5. The summed E-state index contributed by atoms with van der Waals surface area (Å²) in [5.41, 5.74) is 0.474. The third-order valence-corrected chi connectivity index (χ3v) is 3.35. The van der Waals surface area contributed by atoms with Crippen molar-refractivity contribution in [2.75, 3.05) is 0 Å². The molecule has 3 aromatic rings. The third kappa shape index (κ3) is 2.04. The van der Waals surface area contributed by atoms with Gasteiger partial charge in [-0.25, -0.2) is 9.18 Å². The number of halogens is 2. The molecule has 0 fully saturated rings. The van der Waals surface area contributed by atoms with Gasteiger partial charge in [0, 0.05) is 28.6 Å². The Morgan fingerprint density at radius 1 is 1.10 bits per heavy atom. The van der Waals surface area contributed by atoms with Gasteiger partial charge in [0.1, 0.15) is 17.1 Å². The van der Waals surface area contributed by atoms with Crippen molar-refractivity contribution < 1.29 is 13.9 Å². The van der Waals surface area contributed by atoms with E-state index >= 15 is 0 Å². The number of phenolic OH excluding ortho intramolecular Hbond substituents is 1. The van der Waals surface area contributed by atoms with Crippen molar-refractivity contribution in [2.45, 2.75) is 0 Å². The minimum absolute atomic E-state index is 0.0249. The van der Waals surface area contributed by atoms with E-state index in [1.165, 1.54) is 30.3 Å². The van der Waals surface area contributed by atoms with Gasteiger partial charge in [-0.05, 0) is 18.2 Å². The Balaban J connectivity index is 2.42. The van der Waals surface area contributed by atoms with Crippen LogP contribution in [0.1, 0.15) is 0 Å². The van der Waals surface area contributed by atoms with E-state index in [2.05, 4.69) is 0 Å². The van der Waals surface area contributed by atoms with Crippen LogP contribution in [0, 0.1) is 5.82 Å². The number of rotatable bonds is 1. The molecule has 1 heterocycles. The molecule has 0 atom stereocenters. The lowest BCUT2D eigenvalue weighted by Gasteiger charge is -2.08. The van der Waals surface area contributed by atoms with Gasteiger partial charge in [0.05, 0.1) is 5.02 Å². The highest BCUT2D eigenvalue weighted by Gasteiger charge is 2.13. The van der Waals surface area contributed by atoms with Gasteiger partial charge >= 0.3 is 5.63 Å². The molecule has 0 amide bonds. The molecule has 0 radical (unpaired) electrons. The van der Waals surface area contributed by atoms with Gasteiger partial charge in [0.15, 0.2) is 0 Å². The standard InChI is InChI=1S/C15H8ClFO3/c16-15-10(2-1-3-12(15)17)11-7-14(19)20-13-6-8(18)4-5-9(11)13/h1-7,18H. The molecule has 0 saturated carbocycles. The van der Waals surface area contributed by atoms with Crippen molar-refractivity contribution in [1.82, 2.24) is 0 Å². The van der Waals surface area contributed by atoms with Crippen LogP contribution in [0.25, 0.3) is 22.1 Å². The lowest BCUT2D eigenvalue weighted by Crippen LogP contribution is -1.98. The number of hydrogen-bond acceptors (Lipinski definition) is 3. The molecule has 1 aromatic heterocycles. The summed E-state index contributed by atoms with van der Waals surface area (Å²) in [5.74, 6) is -0.590. The second-order valence-corrected chi connectivity index (χ2v) is 4.64. The van der Waals surface area contributed by atoms with E-state index in [1.54, 1.807) is 12.1 Å². The molecular formula is C15H8ClFO3. The zero-order valence-electron chi connectivity index (χ0n) is 10.1. The summed E-state index contributed by atoms with van der Waals surface area (Å²) in [6.07, 6.45) is 0. The van der Waals surface area contributed by atoms with E-state index in [0.29, 0.717) is 16.5 Å². The molecule has 1 N–H and O–H groups in total. The van der Waals surface area contributed by atoms with E-state index in [9.17, 15) is 14.3 Å². The lowest BCUT2D eigenvalue weighted by molar-refractivity contribution is 0.473. The summed E-state index contributed by atoms with van der Waals surface area (Å²) in [6, 6.07) is 9.99. The van der Waals surface area contributed by atoms with E-state index < -0.39 is 11.4 Å². The second kappa shape index (κ2) is 4.65. The van der Waals surface area contributed by atoms with Crippen molar-refractivity contribution in [3.63, 3.8) is 0 Å². The lowest BCUT2D eigenvalue weighted by atomic mass is 10.0. The van der Waals surface area contributed by atoms with Gasteiger partial charge in [-0.3, -0.25) is 0 Å². The Bertz CT molecular complexity index is 871. The molecular weight excluding hydrogens is 283 g/mol. The van der Waals surface area contributed by atoms with Crippen molar-refractivity contribution in [3.05, 3.63) is 63.7 Å². The minimum atomic E-state index is -0.599. The maximum Gasteiger partial charge on any atom is 0.336 e. The van der Waals surface area contributed by atoms with E-state index in [-0.39, 0.29) is 16.4 Å². The van der Waals surface area contributed by atoms with Crippen LogP contribution >= 0.6 is 11.6 Å². The second-order valence-electron chi connectivity index (χ2n) is 4.26. The van der Waals surface area contributed by atoms with Crippen molar-refractivity contribution in [3.8, 4) is 16.9 Å². The first kappa shape index (κ1) is 12.7. The number of phenols is 1. The highest BCUT2D eigenvalue weighted by molar-refractivity contribution is 6.33. The van der Waals surface area contributed by atoms with Crippen LogP contribution in [0.3, 0.4) is 0 Å². The van der Waals surface area contributed by atoms with Gasteiger partial charge < -0.3 is 9.52 Å². The fraction of sp³-hybridized carbons (Fsp3) is 0. The first-order valence-corrected chi connectivity index (χ1v) is 6.15. The summed E-state index contributed by atoms with van der Waals surface area (Å²) >= 11 is 5.95. The van der Waals surface area contributed by atoms with Crippen LogP contribution in [-0.2, 0) is 0 Å². The molecule has 20 heavy (non-hydrogen) atoms. The van der Waals surface area contributed by atoms with Crippen LogP contribution < -0.4 is 5.63 Å². The Morgan fingerprint density at radius 3 is 2.70 bits per heavy atom. The van der Waals surface area contributed by atoms with Gasteiger partial charge in [-0.15, -0.1) is 0 Å². The average Bonchev–Trinajstić information content (AvgIpc) is 2.40. The topological polar surface area (TPSA) is 50.4 Å². The first-order valence-electron chi connectivity index (χ1n) is 5.77. The van der Waals surface area contributed by atoms with Crippen molar-refractivity contribution in [2.24, 2.45) is 0 Å². The predicted molar refractivity (Wildman–Crippen MR) is 74.6 cm³/mol. The fourth-order valence-electron chi connectivity index (χ4n) is 2.09. The van der Waals surface area contributed by atoms with E-state index in [4.69, 9.17) is 16.0 Å². The molecule has 2 aromatic carbocycles. The van der Waals surface area contributed by atoms with Crippen LogP contribution in [0.5, 0.6) is 5.75 Å². The van der Waals surface area contributed by atoms with E-state index in [0.717, 1.165) is 0 Å². The number of benzene rings is 2. The highest BCUT2D eigenvalue weighted by Crippen LogP contribution is 2.34. The zero-order chi connectivity index (χ0) is 14.3. The molecule has 0 aliphatic rings. The van der Waals surface area contributed by atoms with Gasteiger partial charge in [0.2, 0.25) is 0 Å². The van der Waals surface area contributed by atoms with E-state index in [1.807, 2.05) is 0 Å². The van der Waals surface area contributed by atoms with Crippen LogP contribution in [0.15, 0.2) is 51.7 Å². The molecule has 5 heteroatoms. The number of fused-ring (bicyclic) bond motifs is 1. The number of aromatic hydroxyl groups is 1. The van der Waals surface area contributed by atoms with Crippen molar-refractivity contribution >= 4 is 22.6 Å². The summed E-state index contributed by atoms with van der Waals surface area (Å²) < 4.78 is 18.6. The van der Waals surface area contributed by atoms with Crippen LogP contribution in [0.2, 0.25) is 5.02 Å². The summed E-state index contributed by atoms with van der Waals surface area (Å²) in [5, 5.41) is 9.94. The average molecular weight is 291 g/mol. The summed E-state index contributed by atoms with van der Waals surface area (Å²) in [4.78, 5) is 11.6. The van der Waals surface area contributed by atoms with Gasteiger partial charge in [-0.2, -0.15) is 0 Å². The fourth-order valence-corrected chi connectivity index (χ4v) is 2.31. The Labute approximate surface area is 117 Å². The van der Waals surface area contributed by atoms with Crippen LogP contribution in [0.4, 0.5) is 4.39 Å². The maximum absolute atomic E-state index is 13.6. The summed E-state index contributed by atoms with van der Waals surface area (Å²) in [6.45, 7) is 0. The summed E-state index contributed by atoms with van der Waals surface area (Å²) in [7, 11) is 0. The monoisotopic (exact) mass is 290 g/mol. The van der Waals surface area contributed by atoms with Crippen LogP contribution in [-0.4, -0.2) is 5.11 Å². The van der Waals surface area contributed by atoms with Crippen molar-refractivity contribution in [1.29, 1.82) is 0 Å². The Morgan fingerprint density at radius 2 is 1.90 bits per heavy atom. The normalized spacial score (nSPS) is 10.9. The Kier molecular flexibility index (Phi) is 2.95. The largest absolute Gasteiger partial charge is 0.508 e. The zero-order valence-corrected chi connectivity index (χ0v) is 10.8. The Hall–Kier alpha value is -2.33. The minimum Gasteiger partial charge on any atom is -0.508 e. The first-order chi connectivity index (χ1) is 9.56. The SMILES string of the molecule is O=c1cc(-c2cccc(F)c2Cl)c2ccc(O)cc2o1. The van der Waals surface area contributed by atoms with Gasteiger partial charge in [0.25, 0.3) is 0 Å². The predicted octanol–water partition coefficient (Wildman–Crippen LogP) is 3.96. The molecule has 0 aliphatic heterocycles. The molecule has 0 aliphatic carbocycles. The molecule has 3 rings (SSSR count). The quantitative estimate of drug-likeness (QED) is 0.690. The van der Waals surface area contributed by atoms with Gasteiger partial charge in [-0.1, -0.05) is 23.7 Å².